The van der Waals surface area contributed by atoms with Crippen LogP contribution < -0.4 is 0 Å². The second-order valence-corrected chi connectivity index (χ2v) is 5.98. The molecule has 0 bridgehead atoms. The van der Waals surface area contributed by atoms with Crippen LogP contribution in [-0.2, 0) is 6.54 Å². The monoisotopic (exact) mass is 316 g/mol. The van der Waals surface area contributed by atoms with Crippen LogP contribution in [0.5, 0.6) is 0 Å². The molecule has 1 saturated heterocycles. The average molecular weight is 316 g/mol. The Kier molecular flexibility index (Phi) is 4.76. The van der Waals surface area contributed by atoms with Crippen LogP contribution in [0.15, 0.2) is 41.0 Å². The Morgan fingerprint density at radius 3 is 2.61 bits per heavy atom. The van der Waals surface area contributed by atoms with Gasteiger partial charge in [-0.25, -0.2) is 4.39 Å². The van der Waals surface area contributed by atoms with Gasteiger partial charge in [0.15, 0.2) is 5.76 Å². The zero-order chi connectivity index (χ0) is 16.2. The third-order valence-corrected chi connectivity index (χ3v) is 4.25. The van der Waals surface area contributed by atoms with Crippen molar-refractivity contribution in [3.63, 3.8) is 0 Å². The van der Waals surface area contributed by atoms with E-state index in [9.17, 15) is 9.18 Å². The van der Waals surface area contributed by atoms with Crippen LogP contribution in [0.4, 0.5) is 4.39 Å². The van der Waals surface area contributed by atoms with E-state index in [2.05, 4.69) is 4.90 Å². The molecule has 4 nitrogen and oxygen atoms in total. The summed E-state index contributed by atoms with van der Waals surface area (Å²) in [4.78, 5) is 16.7. The first kappa shape index (κ1) is 15.7. The Labute approximate surface area is 135 Å². The topological polar surface area (TPSA) is 36.7 Å². The van der Waals surface area contributed by atoms with E-state index in [1.807, 2.05) is 30.0 Å². The first-order valence-corrected chi connectivity index (χ1v) is 7.93. The number of benzene rings is 1. The van der Waals surface area contributed by atoms with Gasteiger partial charge in [0.1, 0.15) is 5.82 Å². The summed E-state index contributed by atoms with van der Waals surface area (Å²) in [5, 5.41) is 0. The lowest BCUT2D eigenvalue weighted by atomic mass is 10.2. The van der Waals surface area contributed by atoms with Gasteiger partial charge in [-0.2, -0.15) is 0 Å². The number of nitrogens with zero attached hydrogens (tertiary/aromatic N) is 2. The first-order chi connectivity index (χ1) is 11.1. The maximum absolute atomic E-state index is 13.0. The van der Waals surface area contributed by atoms with Crippen molar-refractivity contribution < 1.29 is 13.6 Å². The lowest BCUT2D eigenvalue weighted by Gasteiger charge is -2.21. The highest BCUT2D eigenvalue weighted by atomic mass is 19.1. The molecule has 23 heavy (non-hydrogen) atoms. The molecule has 0 aliphatic carbocycles. The average Bonchev–Trinajstić information content (AvgIpc) is 2.84. The van der Waals surface area contributed by atoms with Crippen molar-refractivity contribution in [2.75, 3.05) is 26.2 Å². The molecular formula is C18H21FN2O2. The summed E-state index contributed by atoms with van der Waals surface area (Å²) in [7, 11) is 0. The van der Waals surface area contributed by atoms with E-state index in [0.717, 1.165) is 43.7 Å². The van der Waals surface area contributed by atoms with Gasteiger partial charge in [0.05, 0.1) is 6.26 Å². The summed E-state index contributed by atoms with van der Waals surface area (Å²) in [5.74, 6) is 0.198. The highest BCUT2D eigenvalue weighted by Crippen LogP contribution is 2.15. The molecule has 1 aromatic heterocycles. The van der Waals surface area contributed by atoms with Gasteiger partial charge in [-0.05, 0) is 37.1 Å². The smallest absolute Gasteiger partial charge is 0.289 e. The zero-order valence-electron chi connectivity index (χ0n) is 13.3. The molecule has 2 aromatic rings. The summed E-state index contributed by atoms with van der Waals surface area (Å²) in [6.45, 7) is 5.82. The van der Waals surface area contributed by atoms with Gasteiger partial charge in [0.25, 0.3) is 5.91 Å². The number of carbonyl (C=O) groups is 1. The molecule has 0 unspecified atom stereocenters. The number of aryl methyl sites for hydroxylation is 1. The number of hydrogen-bond acceptors (Lipinski definition) is 3. The first-order valence-electron chi connectivity index (χ1n) is 7.93. The standard InChI is InChI=1S/C18H21FN2O2/c1-14-7-12-23-17(14)18(22)21-9-2-8-20(10-11-21)13-15-3-5-16(19)6-4-15/h3-7,12H,2,8-11,13H2,1H3. The normalized spacial score (nSPS) is 16.3. The van der Waals surface area contributed by atoms with Crippen molar-refractivity contribution in [3.05, 3.63) is 59.3 Å². The van der Waals surface area contributed by atoms with Crippen molar-refractivity contribution in [3.8, 4) is 0 Å². The van der Waals surface area contributed by atoms with E-state index in [1.54, 1.807) is 6.26 Å². The maximum atomic E-state index is 13.0. The van der Waals surface area contributed by atoms with E-state index in [4.69, 9.17) is 4.42 Å². The van der Waals surface area contributed by atoms with Crippen molar-refractivity contribution in [1.82, 2.24) is 9.80 Å². The highest BCUT2D eigenvalue weighted by Gasteiger charge is 2.23. The van der Waals surface area contributed by atoms with Gasteiger partial charge in [-0.15, -0.1) is 0 Å². The number of halogens is 1. The SMILES string of the molecule is Cc1ccoc1C(=O)N1CCCN(Cc2ccc(F)cc2)CC1. The number of carbonyl (C=O) groups excluding carboxylic acids is 1. The third-order valence-electron chi connectivity index (χ3n) is 4.25. The van der Waals surface area contributed by atoms with Crippen molar-refractivity contribution in [2.45, 2.75) is 19.9 Å². The van der Waals surface area contributed by atoms with Gasteiger partial charge < -0.3 is 9.32 Å². The molecule has 5 heteroatoms. The number of furan rings is 1. The minimum atomic E-state index is -0.213. The predicted molar refractivity (Wildman–Crippen MR) is 85.6 cm³/mol. The largest absolute Gasteiger partial charge is 0.459 e. The highest BCUT2D eigenvalue weighted by molar-refractivity contribution is 5.92. The van der Waals surface area contributed by atoms with Crippen LogP contribution in [-0.4, -0.2) is 41.9 Å². The summed E-state index contributed by atoms with van der Waals surface area (Å²) in [6.07, 6.45) is 2.48. The van der Waals surface area contributed by atoms with Gasteiger partial charge in [-0.1, -0.05) is 12.1 Å². The second-order valence-electron chi connectivity index (χ2n) is 5.98. The minimum absolute atomic E-state index is 0.0314. The predicted octanol–water partition coefficient (Wildman–Crippen LogP) is 3.08. The Morgan fingerprint density at radius 1 is 1.13 bits per heavy atom. The summed E-state index contributed by atoms with van der Waals surface area (Å²) in [6, 6.07) is 8.42. The Balaban J connectivity index is 1.60. The lowest BCUT2D eigenvalue weighted by Crippen LogP contribution is -2.35. The summed E-state index contributed by atoms with van der Waals surface area (Å²) < 4.78 is 18.3. The van der Waals surface area contributed by atoms with Crippen molar-refractivity contribution in [1.29, 1.82) is 0 Å². The molecular weight excluding hydrogens is 295 g/mol. The van der Waals surface area contributed by atoms with E-state index in [-0.39, 0.29) is 11.7 Å². The molecule has 2 heterocycles. The fraction of sp³-hybridized carbons (Fsp3) is 0.389. The summed E-state index contributed by atoms with van der Waals surface area (Å²) >= 11 is 0. The van der Waals surface area contributed by atoms with Crippen LogP contribution in [0.3, 0.4) is 0 Å². The van der Waals surface area contributed by atoms with Crippen LogP contribution in [0, 0.1) is 12.7 Å². The molecule has 1 fully saturated rings. The van der Waals surface area contributed by atoms with Gasteiger partial charge in [-0.3, -0.25) is 9.69 Å². The molecule has 1 aliphatic rings. The Morgan fingerprint density at radius 2 is 1.91 bits per heavy atom. The van der Waals surface area contributed by atoms with E-state index >= 15 is 0 Å². The lowest BCUT2D eigenvalue weighted by molar-refractivity contribution is 0.0728. The number of hydrogen-bond donors (Lipinski definition) is 0. The number of rotatable bonds is 3. The van der Waals surface area contributed by atoms with Gasteiger partial charge >= 0.3 is 0 Å². The molecule has 1 aromatic carbocycles. The quantitative estimate of drug-likeness (QED) is 0.873. The fourth-order valence-corrected chi connectivity index (χ4v) is 2.92. The second kappa shape index (κ2) is 6.96. The zero-order valence-corrected chi connectivity index (χ0v) is 13.3. The van der Waals surface area contributed by atoms with Crippen LogP contribution in [0.1, 0.15) is 28.1 Å². The van der Waals surface area contributed by atoms with Crippen LogP contribution >= 0.6 is 0 Å². The van der Waals surface area contributed by atoms with Crippen LogP contribution in [0.2, 0.25) is 0 Å². The number of amides is 1. The van der Waals surface area contributed by atoms with Gasteiger partial charge in [0.2, 0.25) is 0 Å². The molecule has 0 spiro atoms. The van der Waals surface area contributed by atoms with Crippen LogP contribution in [0.25, 0.3) is 0 Å². The third kappa shape index (κ3) is 3.79. The Bertz CT molecular complexity index is 666. The van der Waals surface area contributed by atoms with Crippen molar-refractivity contribution >= 4 is 5.91 Å². The van der Waals surface area contributed by atoms with Gasteiger partial charge in [0, 0.05) is 38.3 Å². The fourth-order valence-electron chi connectivity index (χ4n) is 2.92. The molecule has 3 rings (SSSR count). The molecule has 0 saturated carbocycles. The molecule has 1 aliphatic heterocycles. The molecule has 0 atom stereocenters. The van der Waals surface area contributed by atoms with E-state index in [1.165, 1.54) is 12.1 Å². The summed E-state index contributed by atoms with van der Waals surface area (Å²) in [5.41, 5.74) is 1.97. The van der Waals surface area contributed by atoms with E-state index in [0.29, 0.717) is 12.3 Å². The molecule has 0 radical (unpaired) electrons. The molecule has 0 N–H and O–H groups in total. The molecule has 1 amide bonds. The minimum Gasteiger partial charge on any atom is -0.459 e. The molecule has 122 valence electrons. The van der Waals surface area contributed by atoms with Crippen molar-refractivity contribution in [2.24, 2.45) is 0 Å². The Hall–Kier alpha value is -2.14. The van der Waals surface area contributed by atoms with E-state index < -0.39 is 0 Å². The maximum Gasteiger partial charge on any atom is 0.289 e.